The van der Waals surface area contributed by atoms with Gasteiger partial charge in [0.15, 0.2) is 0 Å². The van der Waals surface area contributed by atoms with E-state index >= 15 is 0 Å². The molecule has 0 saturated carbocycles. The maximum absolute atomic E-state index is 11.9. The average Bonchev–Trinajstić information content (AvgIpc) is 2.03. The van der Waals surface area contributed by atoms with Crippen LogP contribution in [0.5, 0.6) is 0 Å². The Morgan fingerprint density at radius 2 is 2.00 bits per heavy atom. The second-order valence-electron chi connectivity index (χ2n) is 2.15. The molecule has 0 aliphatic heterocycles. The molecule has 6 heteroatoms. The monoisotopic (exact) mass is 177 g/mol. The number of hydrogen-bond donors (Lipinski definition) is 1. The second kappa shape index (κ2) is 3.06. The van der Waals surface area contributed by atoms with E-state index in [2.05, 4.69) is 9.97 Å². The summed E-state index contributed by atoms with van der Waals surface area (Å²) in [5.41, 5.74) is 4.57. The largest absolute Gasteiger partial charge is 0.409 e. The van der Waals surface area contributed by atoms with E-state index in [0.717, 1.165) is 6.20 Å². The van der Waals surface area contributed by atoms with Gasteiger partial charge >= 0.3 is 6.18 Å². The van der Waals surface area contributed by atoms with Crippen molar-refractivity contribution >= 4 is 0 Å². The van der Waals surface area contributed by atoms with Crippen molar-refractivity contribution in [1.82, 2.24) is 9.97 Å². The molecule has 3 nitrogen and oxygen atoms in total. The molecular weight excluding hydrogens is 171 g/mol. The second-order valence-corrected chi connectivity index (χ2v) is 2.15. The van der Waals surface area contributed by atoms with Crippen molar-refractivity contribution in [1.29, 1.82) is 0 Å². The lowest BCUT2D eigenvalue weighted by molar-refractivity contribution is -0.150. The van der Waals surface area contributed by atoms with Gasteiger partial charge in [0.25, 0.3) is 0 Å². The van der Waals surface area contributed by atoms with E-state index in [9.17, 15) is 13.2 Å². The third-order valence-corrected chi connectivity index (χ3v) is 1.25. The zero-order valence-corrected chi connectivity index (χ0v) is 5.92. The Morgan fingerprint density at radius 3 is 2.42 bits per heavy atom. The van der Waals surface area contributed by atoms with Crippen molar-refractivity contribution in [3.8, 4) is 0 Å². The molecule has 12 heavy (non-hydrogen) atoms. The molecule has 66 valence electrons. The van der Waals surface area contributed by atoms with Crippen LogP contribution in [0.1, 0.15) is 11.7 Å². The Morgan fingerprint density at radius 1 is 1.33 bits per heavy atom. The minimum atomic E-state index is -4.46. The van der Waals surface area contributed by atoms with Crippen molar-refractivity contribution in [3.63, 3.8) is 0 Å². The van der Waals surface area contributed by atoms with Crippen LogP contribution in [0.25, 0.3) is 0 Å². The van der Waals surface area contributed by atoms with Crippen LogP contribution in [0.15, 0.2) is 18.6 Å². The Bertz CT molecular complexity index is 246. The summed E-state index contributed by atoms with van der Waals surface area (Å²) in [7, 11) is 0. The molecule has 1 heterocycles. The number of aromatic nitrogens is 2. The Kier molecular flexibility index (Phi) is 2.27. The van der Waals surface area contributed by atoms with Gasteiger partial charge in [-0.2, -0.15) is 13.2 Å². The van der Waals surface area contributed by atoms with E-state index in [1.54, 1.807) is 0 Å². The highest BCUT2D eigenvalue weighted by Crippen LogP contribution is 2.28. The summed E-state index contributed by atoms with van der Waals surface area (Å²) in [5, 5.41) is 0. The number of rotatable bonds is 1. The topological polar surface area (TPSA) is 51.8 Å². The van der Waals surface area contributed by atoms with E-state index in [1.807, 2.05) is 0 Å². The highest BCUT2D eigenvalue weighted by Gasteiger charge is 2.38. The first-order valence-corrected chi connectivity index (χ1v) is 3.10. The van der Waals surface area contributed by atoms with Gasteiger partial charge in [0.1, 0.15) is 6.04 Å². The van der Waals surface area contributed by atoms with Gasteiger partial charge in [-0.1, -0.05) is 0 Å². The average molecular weight is 177 g/mol. The lowest BCUT2D eigenvalue weighted by Crippen LogP contribution is -2.29. The number of nitrogens with zero attached hydrogens (tertiary/aromatic N) is 2. The van der Waals surface area contributed by atoms with Crippen LogP contribution >= 0.6 is 0 Å². The fourth-order valence-electron chi connectivity index (χ4n) is 0.639. The Hall–Kier alpha value is -1.17. The molecule has 1 rings (SSSR count). The van der Waals surface area contributed by atoms with Gasteiger partial charge in [-0.15, -0.1) is 0 Å². The van der Waals surface area contributed by atoms with Gasteiger partial charge < -0.3 is 5.73 Å². The quantitative estimate of drug-likeness (QED) is 0.697. The molecule has 0 fully saturated rings. The summed E-state index contributed by atoms with van der Waals surface area (Å²) in [4.78, 5) is 6.91. The first kappa shape index (κ1) is 8.92. The van der Waals surface area contributed by atoms with Crippen molar-refractivity contribution in [2.24, 2.45) is 5.73 Å². The normalized spacial score (nSPS) is 14.3. The van der Waals surface area contributed by atoms with Crippen LogP contribution in [0.3, 0.4) is 0 Å². The van der Waals surface area contributed by atoms with Gasteiger partial charge in [-0.05, 0) is 0 Å². The molecule has 0 aromatic carbocycles. The molecule has 1 unspecified atom stereocenters. The molecule has 0 bridgehead atoms. The standard InChI is InChI=1S/C6H6F3N3/c7-6(8,9)5(10)4-3-11-1-2-12-4/h1-3,5H,10H2. The number of nitrogens with two attached hydrogens (primary N) is 1. The lowest BCUT2D eigenvalue weighted by Gasteiger charge is -2.13. The minimum Gasteiger partial charge on any atom is -0.315 e. The zero-order chi connectivity index (χ0) is 9.19. The molecule has 1 aromatic rings. The van der Waals surface area contributed by atoms with Crippen molar-refractivity contribution in [3.05, 3.63) is 24.3 Å². The fraction of sp³-hybridized carbons (Fsp3) is 0.333. The van der Waals surface area contributed by atoms with E-state index in [1.165, 1.54) is 12.4 Å². The predicted octanol–water partition coefficient (Wildman–Crippen LogP) is 1.04. The minimum absolute atomic E-state index is 0.273. The Labute approximate surface area is 66.4 Å². The number of alkyl halides is 3. The van der Waals surface area contributed by atoms with Gasteiger partial charge in [0, 0.05) is 12.4 Å². The summed E-state index contributed by atoms with van der Waals surface area (Å²) < 4.78 is 35.8. The maximum Gasteiger partial charge on any atom is 0.409 e. The molecular formula is C6H6F3N3. The summed E-state index contributed by atoms with van der Waals surface area (Å²) >= 11 is 0. The first-order valence-electron chi connectivity index (χ1n) is 3.10. The van der Waals surface area contributed by atoms with Gasteiger partial charge in [0.05, 0.1) is 11.9 Å². The summed E-state index contributed by atoms with van der Waals surface area (Å²) in [6, 6.07) is -2.05. The zero-order valence-electron chi connectivity index (χ0n) is 5.92. The van der Waals surface area contributed by atoms with Crippen LogP contribution in [-0.4, -0.2) is 16.1 Å². The Balaban J connectivity index is 2.86. The van der Waals surface area contributed by atoms with Crippen molar-refractivity contribution < 1.29 is 13.2 Å². The van der Waals surface area contributed by atoms with Crippen LogP contribution in [0.2, 0.25) is 0 Å². The molecule has 1 aromatic heterocycles. The van der Waals surface area contributed by atoms with E-state index in [0.29, 0.717) is 0 Å². The molecule has 2 N–H and O–H groups in total. The van der Waals surface area contributed by atoms with Crippen molar-refractivity contribution in [2.75, 3.05) is 0 Å². The van der Waals surface area contributed by atoms with Crippen LogP contribution < -0.4 is 5.73 Å². The highest BCUT2D eigenvalue weighted by atomic mass is 19.4. The number of halogens is 3. The lowest BCUT2D eigenvalue weighted by atomic mass is 10.2. The molecule has 0 saturated heterocycles. The smallest absolute Gasteiger partial charge is 0.315 e. The third-order valence-electron chi connectivity index (χ3n) is 1.25. The number of hydrogen-bond acceptors (Lipinski definition) is 3. The summed E-state index contributed by atoms with van der Waals surface area (Å²) in [6.07, 6.45) is -1.01. The molecule has 0 radical (unpaired) electrons. The van der Waals surface area contributed by atoms with E-state index in [-0.39, 0.29) is 5.69 Å². The molecule has 0 spiro atoms. The first-order chi connectivity index (χ1) is 5.52. The van der Waals surface area contributed by atoms with Gasteiger partial charge in [-0.25, -0.2) is 0 Å². The van der Waals surface area contributed by atoms with E-state index < -0.39 is 12.2 Å². The SMILES string of the molecule is NC(c1cnccn1)C(F)(F)F. The summed E-state index contributed by atoms with van der Waals surface area (Å²) in [5.74, 6) is 0. The van der Waals surface area contributed by atoms with Gasteiger partial charge in [0.2, 0.25) is 0 Å². The van der Waals surface area contributed by atoms with Crippen LogP contribution in [0.4, 0.5) is 13.2 Å². The van der Waals surface area contributed by atoms with Crippen LogP contribution in [-0.2, 0) is 0 Å². The van der Waals surface area contributed by atoms with Crippen LogP contribution in [0, 0.1) is 0 Å². The molecule has 0 aliphatic carbocycles. The van der Waals surface area contributed by atoms with Gasteiger partial charge in [-0.3, -0.25) is 9.97 Å². The third kappa shape index (κ3) is 1.91. The molecule has 0 amide bonds. The van der Waals surface area contributed by atoms with Crippen molar-refractivity contribution in [2.45, 2.75) is 12.2 Å². The van der Waals surface area contributed by atoms with E-state index in [4.69, 9.17) is 5.73 Å². The molecule has 0 aliphatic rings. The molecule has 1 atom stereocenters. The maximum atomic E-state index is 11.9. The summed E-state index contributed by atoms with van der Waals surface area (Å²) in [6.45, 7) is 0. The fourth-order valence-corrected chi connectivity index (χ4v) is 0.639. The predicted molar refractivity (Wildman–Crippen MR) is 35.0 cm³/mol. The highest BCUT2D eigenvalue weighted by molar-refractivity contribution is 5.03.